The van der Waals surface area contributed by atoms with Crippen LogP contribution in [0.15, 0.2) is 63.8 Å². The molecule has 2 aromatic carbocycles. The molecule has 8 heteroatoms. The van der Waals surface area contributed by atoms with Gasteiger partial charge in [-0.3, -0.25) is 9.59 Å². The molecular formula is C21H18FNO5S. The molecular weight excluding hydrogens is 397 g/mol. The zero-order valence-electron chi connectivity index (χ0n) is 15.4. The number of nitrogens with zero attached hydrogens (tertiary/aromatic N) is 1. The van der Waals surface area contributed by atoms with Crippen LogP contribution < -0.4 is 5.43 Å². The number of hydrogen-bond donors (Lipinski definition) is 0. The first-order valence-electron chi connectivity index (χ1n) is 9.11. The second-order valence-corrected chi connectivity index (χ2v) is 9.32. The number of carbonyl (C=O) groups is 1. The number of para-hydroxylation sites is 1. The Balaban J connectivity index is 1.72. The van der Waals surface area contributed by atoms with Gasteiger partial charge in [0.2, 0.25) is 0 Å². The zero-order valence-corrected chi connectivity index (χ0v) is 16.2. The van der Waals surface area contributed by atoms with Gasteiger partial charge in [-0.1, -0.05) is 24.3 Å². The lowest BCUT2D eigenvalue weighted by molar-refractivity contribution is 0.0648. The van der Waals surface area contributed by atoms with Crippen molar-refractivity contribution in [3.63, 3.8) is 0 Å². The van der Waals surface area contributed by atoms with Crippen molar-refractivity contribution < 1.29 is 22.0 Å². The molecule has 1 amide bonds. The molecule has 1 fully saturated rings. The Morgan fingerprint density at radius 1 is 1.14 bits per heavy atom. The standard InChI is InChI=1S/C21H18FNO5S/c22-15-7-5-14(6-8-15)12-23(16-9-10-29(26,27)13-16)21(25)20-11-18(24)17-3-1-2-4-19(17)28-20/h1-8,11,16H,9-10,12-13H2/t16-/m0/s1. The Morgan fingerprint density at radius 3 is 2.55 bits per heavy atom. The molecule has 1 aliphatic heterocycles. The van der Waals surface area contributed by atoms with Gasteiger partial charge in [0.05, 0.1) is 16.9 Å². The van der Waals surface area contributed by atoms with Gasteiger partial charge in [-0.2, -0.15) is 0 Å². The van der Waals surface area contributed by atoms with Crippen LogP contribution in [0, 0.1) is 5.82 Å². The first-order valence-corrected chi connectivity index (χ1v) is 10.9. The smallest absolute Gasteiger partial charge is 0.290 e. The van der Waals surface area contributed by atoms with E-state index >= 15 is 0 Å². The van der Waals surface area contributed by atoms with E-state index < -0.39 is 27.6 Å². The summed E-state index contributed by atoms with van der Waals surface area (Å²) in [5.41, 5.74) is 0.576. The largest absolute Gasteiger partial charge is 0.451 e. The maximum Gasteiger partial charge on any atom is 0.290 e. The molecule has 0 radical (unpaired) electrons. The third-order valence-corrected chi connectivity index (χ3v) is 6.77. The van der Waals surface area contributed by atoms with Crippen molar-refractivity contribution in [1.82, 2.24) is 4.90 Å². The third-order valence-electron chi connectivity index (χ3n) is 5.02. The maximum atomic E-state index is 13.2. The lowest BCUT2D eigenvalue weighted by atomic mass is 10.1. The molecule has 0 spiro atoms. The van der Waals surface area contributed by atoms with Crippen LogP contribution >= 0.6 is 0 Å². The predicted molar refractivity (Wildman–Crippen MR) is 106 cm³/mol. The summed E-state index contributed by atoms with van der Waals surface area (Å²) in [5, 5.41) is 0.359. The van der Waals surface area contributed by atoms with Crippen LogP contribution in [0.3, 0.4) is 0 Å². The molecule has 0 saturated carbocycles. The van der Waals surface area contributed by atoms with Gasteiger partial charge in [0.1, 0.15) is 11.4 Å². The second kappa shape index (κ2) is 7.44. The summed E-state index contributed by atoms with van der Waals surface area (Å²) in [5.74, 6) is -1.29. The van der Waals surface area contributed by atoms with Gasteiger partial charge < -0.3 is 9.32 Å². The molecule has 1 aliphatic rings. The summed E-state index contributed by atoms with van der Waals surface area (Å²) in [4.78, 5) is 27.0. The number of rotatable bonds is 4. The summed E-state index contributed by atoms with van der Waals surface area (Å²) in [7, 11) is -3.24. The topological polar surface area (TPSA) is 84.7 Å². The van der Waals surface area contributed by atoms with E-state index in [-0.39, 0.29) is 34.8 Å². The Kier molecular flexibility index (Phi) is 4.96. The lowest BCUT2D eigenvalue weighted by Crippen LogP contribution is -2.40. The molecule has 2 heterocycles. The van der Waals surface area contributed by atoms with E-state index in [2.05, 4.69) is 0 Å². The highest BCUT2D eigenvalue weighted by atomic mass is 32.2. The summed E-state index contributed by atoms with van der Waals surface area (Å²) < 4.78 is 42.8. The van der Waals surface area contributed by atoms with E-state index in [9.17, 15) is 22.4 Å². The Labute approximate surface area is 166 Å². The number of amides is 1. The molecule has 150 valence electrons. The number of fused-ring (bicyclic) bond motifs is 1. The van der Waals surface area contributed by atoms with E-state index in [0.717, 1.165) is 6.07 Å². The summed E-state index contributed by atoms with van der Waals surface area (Å²) in [6.07, 6.45) is 0.299. The Morgan fingerprint density at radius 2 is 1.86 bits per heavy atom. The monoisotopic (exact) mass is 415 g/mol. The fraction of sp³-hybridized carbons (Fsp3) is 0.238. The fourth-order valence-electron chi connectivity index (χ4n) is 3.53. The van der Waals surface area contributed by atoms with Crippen LogP contribution in [-0.4, -0.2) is 36.8 Å². The van der Waals surface area contributed by atoms with Crippen LogP contribution in [0.25, 0.3) is 11.0 Å². The molecule has 29 heavy (non-hydrogen) atoms. The van der Waals surface area contributed by atoms with Crippen LogP contribution in [-0.2, 0) is 16.4 Å². The van der Waals surface area contributed by atoms with Crippen molar-refractivity contribution in [2.45, 2.75) is 19.0 Å². The van der Waals surface area contributed by atoms with E-state index in [4.69, 9.17) is 4.42 Å². The van der Waals surface area contributed by atoms with Crippen LogP contribution in [0.1, 0.15) is 22.5 Å². The highest BCUT2D eigenvalue weighted by Crippen LogP contribution is 2.23. The van der Waals surface area contributed by atoms with Crippen molar-refractivity contribution in [3.05, 3.63) is 82.0 Å². The van der Waals surface area contributed by atoms with E-state index in [0.29, 0.717) is 17.4 Å². The number of halogens is 1. The van der Waals surface area contributed by atoms with Crippen LogP contribution in [0.2, 0.25) is 0 Å². The minimum atomic E-state index is -3.24. The van der Waals surface area contributed by atoms with E-state index in [1.54, 1.807) is 24.3 Å². The second-order valence-electron chi connectivity index (χ2n) is 7.09. The van der Waals surface area contributed by atoms with Gasteiger partial charge in [-0.25, -0.2) is 12.8 Å². The van der Waals surface area contributed by atoms with E-state index in [1.807, 2.05) is 0 Å². The summed E-state index contributed by atoms with van der Waals surface area (Å²) >= 11 is 0. The molecule has 0 unspecified atom stereocenters. The van der Waals surface area contributed by atoms with Gasteiger partial charge in [0.25, 0.3) is 5.91 Å². The number of sulfone groups is 1. The zero-order chi connectivity index (χ0) is 20.6. The van der Waals surface area contributed by atoms with E-state index in [1.165, 1.54) is 29.2 Å². The molecule has 4 rings (SSSR count). The molecule has 1 atom stereocenters. The van der Waals surface area contributed by atoms with Crippen molar-refractivity contribution >= 4 is 26.7 Å². The Hall–Kier alpha value is -3.00. The van der Waals surface area contributed by atoms with Crippen molar-refractivity contribution in [3.8, 4) is 0 Å². The molecule has 1 saturated heterocycles. The Bertz CT molecular complexity index is 1230. The number of benzene rings is 2. The quantitative estimate of drug-likeness (QED) is 0.654. The summed E-state index contributed by atoms with van der Waals surface area (Å²) in [6.45, 7) is 0.0792. The molecule has 3 aromatic rings. The van der Waals surface area contributed by atoms with Gasteiger partial charge in [-0.05, 0) is 36.2 Å². The normalized spacial score (nSPS) is 18.0. The molecule has 0 bridgehead atoms. The molecule has 0 aliphatic carbocycles. The van der Waals surface area contributed by atoms with Crippen LogP contribution in [0.4, 0.5) is 4.39 Å². The highest BCUT2D eigenvalue weighted by molar-refractivity contribution is 7.91. The lowest BCUT2D eigenvalue weighted by Gasteiger charge is -2.28. The molecule has 6 nitrogen and oxygen atoms in total. The minimum Gasteiger partial charge on any atom is -0.451 e. The number of carbonyl (C=O) groups excluding carboxylic acids is 1. The van der Waals surface area contributed by atoms with Crippen molar-refractivity contribution in [2.24, 2.45) is 0 Å². The third kappa shape index (κ3) is 4.07. The fourth-order valence-corrected chi connectivity index (χ4v) is 5.26. The average Bonchev–Trinajstić information content (AvgIpc) is 3.06. The first-order chi connectivity index (χ1) is 13.8. The minimum absolute atomic E-state index is 0.00741. The maximum absolute atomic E-state index is 13.2. The highest BCUT2D eigenvalue weighted by Gasteiger charge is 2.36. The molecule has 1 aromatic heterocycles. The van der Waals surface area contributed by atoms with Gasteiger partial charge in [-0.15, -0.1) is 0 Å². The SMILES string of the molecule is O=C(c1cc(=O)c2ccccc2o1)N(Cc1ccc(F)cc1)[C@H]1CCS(=O)(=O)C1. The van der Waals surface area contributed by atoms with Crippen molar-refractivity contribution in [2.75, 3.05) is 11.5 Å². The average molecular weight is 415 g/mol. The molecule has 0 N–H and O–H groups in total. The van der Waals surface area contributed by atoms with Gasteiger partial charge >= 0.3 is 0 Å². The summed E-state index contributed by atoms with van der Waals surface area (Å²) in [6, 6.07) is 12.8. The van der Waals surface area contributed by atoms with Crippen molar-refractivity contribution in [1.29, 1.82) is 0 Å². The van der Waals surface area contributed by atoms with Crippen LogP contribution in [0.5, 0.6) is 0 Å². The van der Waals surface area contributed by atoms with Gasteiger partial charge in [0, 0.05) is 18.7 Å². The number of hydrogen-bond acceptors (Lipinski definition) is 5. The van der Waals surface area contributed by atoms with Gasteiger partial charge in [0.15, 0.2) is 21.0 Å². The predicted octanol–water partition coefficient (Wildman–Crippen LogP) is 2.76. The first kappa shape index (κ1) is 19.3.